The van der Waals surface area contributed by atoms with Crippen LogP contribution < -0.4 is 15.8 Å². The van der Waals surface area contributed by atoms with E-state index in [2.05, 4.69) is 15.3 Å². The van der Waals surface area contributed by atoms with Gasteiger partial charge in [-0.3, -0.25) is 4.99 Å². The molecule has 0 atom stereocenters. The van der Waals surface area contributed by atoms with Crippen molar-refractivity contribution in [1.82, 2.24) is 10.3 Å². The van der Waals surface area contributed by atoms with Crippen LogP contribution in [0.5, 0.6) is 5.88 Å². The van der Waals surface area contributed by atoms with Crippen molar-refractivity contribution in [3.63, 3.8) is 0 Å². The van der Waals surface area contributed by atoms with Gasteiger partial charge in [0.25, 0.3) is 0 Å². The lowest BCUT2D eigenvalue weighted by Gasteiger charge is -2.11. The highest BCUT2D eigenvalue weighted by Gasteiger charge is 2.31. The second-order valence-corrected chi connectivity index (χ2v) is 4.81. The Morgan fingerprint density at radius 1 is 1.48 bits per heavy atom. The average molecular weight is 467 g/mol. The summed E-state index contributed by atoms with van der Waals surface area (Å²) in [6.45, 7) is 3.17. The summed E-state index contributed by atoms with van der Waals surface area (Å²) < 4.78 is 42.5. The molecule has 132 valence electrons. The van der Waals surface area contributed by atoms with E-state index in [4.69, 9.17) is 22.1 Å². The van der Waals surface area contributed by atoms with E-state index >= 15 is 0 Å². The van der Waals surface area contributed by atoms with Crippen LogP contribution in [0, 0.1) is 0 Å². The molecule has 0 fully saturated rings. The number of nitrogens with two attached hydrogens (primary N) is 1. The van der Waals surface area contributed by atoms with E-state index in [0.29, 0.717) is 25.2 Å². The first-order chi connectivity index (χ1) is 10.3. The van der Waals surface area contributed by atoms with Gasteiger partial charge in [-0.05, 0) is 12.5 Å². The molecule has 1 aromatic heterocycles. The number of pyridine rings is 1. The molecule has 0 aromatic carbocycles. The van der Waals surface area contributed by atoms with E-state index in [0.717, 1.165) is 18.9 Å². The van der Waals surface area contributed by atoms with E-state index < -0.39 is 11.7 Å². The quantitative estimate of drug-likeness (QED) is 0.279. The third-order valence-electron chi connectivity index (χ3n) is 2.58. The maximum atomic E-state index is 12.4. The number of aliphatic imine (C=N–C) groups is 1. The monoisotopic (exact) mass is 466 g/mol. The summed E-state index contributed by atoms with van der Waals surface area (Å²) in [6.07, 6.45) is -1.84. The molecular weight excluding hydrogens is 448 g/mol. The van der Waals surface area contributed by atoms with Crippen LogP contribution in [0.15, 0.2) is 17.3 Å². The maximum absolute atomic E-state index is 12.4. The maximum Gasteiger partial charge on any atom is 0.417 e. The number of alkyl halides is 3. The Morgan fingerprint density at radius 2 is 2.17 bits per heavy atom. The van der Waals surface area contributed by atoms with E-state index in [1.165, 1.54) is 0 Å². The molecule has 0 aliphatic rings. The molecule has 23 heavy (non-hydrogen) atoms. The van der Waals surface area contributed by atoms with Crippen LogP contribution in [-0.4, -0.2) is 30.6 Å². The van der Waals surface area contributed by atoms with Gasteiger partial charge in [-0.1, -0.05) is 24.9 Å². The smallest absolute Gasteiger partial charge is 0.417 e. The first kappa shape index (κ1) is 22.0. The van der Waals surface area contributed by atoms with Gasteiger partial charge in [-0.2, -0.15) is 13.2 Å². The number of nitrogens with zero attached hydrogens (tertiary/aromatic N) is 2. The Bertz CT molecular complexity index is 514. The summed E-state index contributed by atoms with van der Waals surface area (Å²) >= 11 is 5.71. The molecule has 0 unspecified atom stereocenters. The molecular formula is C13H19ClF3IN4O. The molecule has 0 aliphatic carbocycles. The zero-order chi connectivity index (χ0) is 16.6. The molecule has 0 aliphatic heterocycles. The van der Waals surface area contributed by atoms with Crippen molar-refractivity contribution in [2.75, 3.05) is 19.7 Å². The highest BCUT2D eigenvalue weighted by Crippen LogP contribution is 2.32. The zero-order valence-electron chi connectivity index (χ0n) is 12.5. The minimum absolute atomic E-state index is 0. The highest BCUT2D eigenvalue weighted by atomic mass is 127. The molecule has 0 saturated carbocycles. The van der Waals surface area contributed by atoms with Gasteiger partial charge >= 0.3 is 6.18 Å². The molecule has 0 radical (unpaired) electrons. The van der Waals surface area contributed by atoms with Crippen LogP contribution in [0.2, 0.25) is 5.02 Å². The second-order valence-electron chi connectivity index (χ2n) is 4.40. The van der Waals surface area contributed by atoms with Crippen molar-refractivity contribution in [2.45, 2.75) is 25.9 Å². The molecule has 5 nitrogen and oxygen atoms in total. The summed E-state index contributed by atoms with van der Waals surface area (Å²) in [4.78, 5) is 7.63. The molecule has 0 amide bonds. The topological polar surface area (TPSA) is 72.5 Å². The van der Waals surface area contributed by atoms with E-state index in [-0.39, 0.29) is 41.5 Å². The van der Waals surface area contributed by atoms with Crippen LogP contribution in [-0.2, 0) is 6.18 Å². The minimum atomic E-state index is -4.49. The van der Waals surface area contributed by atoms with Crippen LogP contribution in [0.3, 0.4) is 0 Å². The van der Waals surface area contributed by atoms with Gasteiger partial charge in [-0.15, -0.1) is 24.0 Å². The third kappa shape index (κ3) is 8.45. The lowest BCUT2D eigenvalue weighted by molar-refractivity contribution is -0.137. The van der Waals surface area contributed by atoms with Crippen molar-refractivity contribution < 1.29 is 17.9 Å². The number of unbranched alkanes of at least 4 members (excludes halogenated alkanes) is 1. The molecule has 0 bridgehead atoms. The third-order valence-corrected chi connectivity index (χ3v) is 2.85. The number of halogens is 5. The average Bonchev–Trinajstić information content (AvgIpc) is 2.44. The molecule has 1 aromatic rings. The lowest BCUT2D eigenvalue weighted by Crippen LogP contribution is -2.34. The van der Waals surface area contributed by atoms with E-state index in [1.807, 2.05) is 6.92 Å². The van der Waals surface area contributed by atoms with Crippen LogP contribution >= 0.6 is 35.6 Å². The van der Waals surface area contributed by atoms with Gasteiger partial charge in [0.1, 0.15) is 11.6 Å². The Labute approximate surface area is 154 Å². The summed E-state index contributed by atoms with van der Waals surface area (Å²) in [5.41, 5.74) is 4.69. The van der Waals surface area contributed by atoms with Gasteiger partial charge in [-0.25, -0.2) is 4.98 Å². The van der Waals surface area contributed by atoms with Gasteiger partial charge < -0.3 is 15.8 Å². The number of nitrogens with one attached hydrogen (secondary N) is 1. The normalized spacial score (nSPS) is 11.8. The molecule has 0 saturated heterocycles. The first-order valence-electron chi connectivity index (χ1n) is 6.74. The van der Waals surface area contributed by atoms with Gasteiger partial charge in [0.15, 0.2) is 5.96 Å². The second kappa shape index (κ2) is 10.7. The summed E-state index contributed by atoms with van der Waals surface area (Å²) in [5, 5.41) is 2.62. The standard InChI is InChI=1S/C13H18ClF3N4O.HI/c1-2-3-4-19-12(18)20-5-6-22-11-10(14)7-9(8-21-11)13(15,16)17;/h7-8H,2-6H2,1H3,(H3,18,19,20);1H. The fraction of sp³-hybridized carbons (Fsp3) is 0.538. The van der Waals surface area contributed by atoms with E-state index in [9.17, 15) is 13.2 Å². The SMILES string of the molecule is CCCCN=C(N)NCCOc1ncc(C(F)(F)F)cc1Cl.I. The van der Waals surface area contributed by atoms with Crippen LogP contribution in [0.25, 0.3) is 0 Å². The van der Waals surface area contributed by atoms with Crippen molar-refractivity contribution in [1.29, 1.82) is 0 Å². The number of rotatable bonds is 7. The van der Waals surface area contributed by atoms with Crippen molar-refractivity contribution in [3.05, 3.63) is 22.8 Å². The lowest BCUT2D eigenvalue weighted by atomic mass is 10.3. The van der Waals surface area contributed by atoms with Crippen molar-refractivity contribution in [2.24, 2.45) is 10.7 Å². The molecule has 0 spiro atoms. The zero-order valence-corrected chi connectivity index (χ0v) is 15.6. The van der Waals surface area contributed by atoms with Crippen LogP contribution in [0.4, 0.5) is 13.2 Å². The minimum Gasteiger partial charge on any atom is -0.475 e. The molecule has 10 heteroatoms. The Kier molecular flexibility index (Phi) is 10.3. The Balaban J connectivity index is 0.00000484. The van der Waals surface area contributed by atoms with Crippen molar-refractivity contribution in [3.8, 4) is 5.88 Å². The molecule has 3 N–H and O–H groups in total. The van der Waals surface area contributed by atoms with Crippen LogP contribution in [0.1, 0.15) is 25.3 Å². The number of hydrogen-bond donors (Lipinski definition) is 2. The van der Waals surface area contributed by atoms with Crippen molar-refractivity contribution >= 4 is 41.5 Å². The fourth-order valence-corrected chi connectivity index (χ4v) is 1.65. The van der Waals surface area contributed by atoms with Gasteiger partial charge in [0.05, 0.1) is 12.1 Å². The number of hydrogen-bond acceptors (Lipinski definition) is 3. The highest BCUT2D eigenvalue weighted by molar-refractivity contribution is 14.0. The summed E-state index contributed by atoms with van der Waals surface area (Å²) in [7, 11) is 0. The largest absolute Gasteiger partial charge is 0.475 e. The van der Waals surface area contributed by atoms with E-state index in [1.54, 1.807) is 0 Å². The van der Waals surface area contributed by atoms with Gasteiger partial charge in [0, 0.05) is 12.7 Å². The number of aromatic nitrogens is 1. The number of guanidine groups is 1. The predicted molar refractivity (Wildman–Crippen MR) is 94.6 cm³/mol. The van der Waals surface area contributed by atoms with Gasteiger partial charge in [0.2, 0.25) is 5.88 Å². The summed E-state index contributed by atoms with van der Waals surface area (Å²) in [5.74, 6) is 0.237. The summed E-state index contributed by atoms with van der Waals surface area (Å²) in [6, 6.07) is 0.776. The Hall–Kier alpha value is -0.970. The first-order valence-corrected chi connectivity index (χ1v) is 7.11. The number of ether oxygens (including phenoxy) is 1. The molecule has 1 heterocycles. The predicted octanol–water partition coefficient (Wildman–Crippen LogP) is 3.46. The fourth-order valence-electron chi connectivity index (χ4n) is 1.43. The molecule has 1 rings (SSSR count). The Morgan fingerprint density at radius 3 is 2.74 bits per heavy atom.